The third kappa shape index (κ3) is 7.38. The summed E-state index contributed by atoms with van der Waals surface area (Å²) in [4.78, 5) is 28.7. The van der Waals surface area contributed by atoms with Crippen molar-refractivity contribution in [2.45, 2.75) is 30.8 Å². The van der Waals surface area contributed by atoms with Crippen LogP contribution in [0.2, 0.25) is 0 Å². The largest absolute Gasteiger partial charge is 0.355 e. The zero-order valence-corrected chi connectivity index (χ0v) is 23.8. The van der Waals surface area contributed by atoms with Crippen LogP contribution in [0.25, 0.3) is 0 Å². The average Bonchev–Trinajstić information content (AvgIpc) is 3.00. The second kappa shape index (κ2) is 13.9. The van der Waals surface area contributed by atoms with Crippen molar-refractivity contribution in [3.05, 3.63) is 132 Å². The highest BCUT2D eigenvalue weighted by Gasteiger charge is 2.34. The standard InChI is InChI=1S/C32H31F2N3O4S/c1-2-35-32(39)30(21-24-11-5-3-6-12-24)36(22-25-13-9-10-16-29(25)34)31(38)23-37(27-19-17-26(33)18-20-27)42(40,41)28-14-7-4-8-15-28/h3-20,30H,2,21-23H2,1H3,(H,35,39)/t30-/m0/s1. The fourth-order valence-electron chi connectivity index (χ4n) is 4.51. The van der Waals surface area contributed by atoms with E-state index in [0.717, 1.165) is 22.0 Å². The van der Waals surface area contributed by atoms with E-state index in [1.54, 1.807) is 43.3 Å². The van der Waals surface area contributed by atoms with Crippen molar-refractivity contribution in [3.8, 4) is 0 Å². The first-order valence-corrected chi connectivity index (χ1v) is 14.8. The van der Waals surface area contributed by atoms with Crippen molar-refractivity contribution in [3.63, 3.8) is 0 Å². The van der Waals surface area contributed by atoms with Crippen molar-refractivity contribution in [1.82, 2.24) is 10.2 Å². The van der Waals surface area contributed by atoms with Gasteiger partial charge < -0.3 is 10.2 Å². The molecule has 0 bridgehead atoms. The molecule has 2 amide bonds. The Kier molecular flexibility index (Phi) is 10.0. The highest BCUT2D eigenvalue weighted by molar-refractivity contribution is 7.92. The number of hydrogen-bond acceptors (Lipinski definition) is 4. The van der Waals surface area contributed by atoms with Gasteiger partial charge in [-0.2, -0.15) is 0 Å². The van der Waals surface area contributed by atoms with Gasteiger partial charge in [0.05, 0.1) is 10.6 Å². The van der Waals surface area contributed by atoms with Crippen LogP contribution in [0, 0.1) is 11.6 Å². The lowest BCUT2D eigenvalue weighted by Gasteiger charge is -2.33. The normalized spacial score (nSPS) is 11.9. The maximum absolute atomic E-state index is 14.8. The van der Waals surface area contributed by atoms with Gasteiger partial charge in [-0.25, -0.2) is 17.2 Å². The molecule has 0 aromatic heterocycles. The van der Waals surface area contributed by atoms with Gasteiger partial charge in [0.25, 0.3) is 10.0 Å². The van der Waals surface area contributed by atoms with E-state index >= 15 is 0 Å². The fourth-order valence-corrected chi connectivity index (χ4v) is 5.95. The van der Waals surface area contributed by atoms with Crippen molar-refractivity contribution in [2.75, 3.05) is 17.4 Å². The molecule has 1 atom stereocenters. The fraction of sp³-hybridized carbons (Fsp3) is 0.188. The molecule has 7 nitrogen and oxygen atoms in total. The molecule has 0 heterocycles. The third-order valence-corrected chi connectivity index (χ3v) is 8.43. The lowest BCUT2D eigenvalue weighted by atomic mass is 10.0. The molecule has 0 aliphatic carbocycles. The van der Waals surface area contributed by atoms with Crippen LogP contribution < -0.4 is 9.62 Å². The minimum atomic E-state index is -4.30. The Balaban J connectivity index is 1.79. The molecule has 218 valence electrons. The lowest BCUT2D eigenvalue weighted by Crippen LogP contribution is -2.53. The number of hydrogen-bond donors (Lipinski definition) is 1. The van der Waals surface area contributed by atoms with E-state index in [-0.39, 0.29) is 35.7 Å². The topological polar surface area (TPSA) is 86.8 Å². The van der Waals surface area contributed by atoms with Crippen LogP contribution in [0.1, 0.15) is 18.1 Å². The van der Waals surface area contributed by atoms with Gasteiger partial charge in [0, 0.05) is 25.1 Å². The highest BCUT2D eigenvalue weighted by Crippen LogP contribution is 2.25. The number of amides is 2. The summed E-state index contributed by atoms with van der Waals surface area (Å²) >= 11 is 0. The van der Waals surface area contributed by atoms with E-state index in [1.807, 2.05) is 18.2 Å². The number of halogens is 2. The van der Waals surface area contributed by atoms with E-state index in [1.165, 1.54) is 47.4 Å². The van der Waals surface area contributed by atoms with Gasteiger partial charge in [-0.05, 0) is 55.0 Å². The first-order valence-electron chi connectivity index (χ1n) is 13.4. The molecular weight excluding hydrogens is 560 g/mol. The summed E-state index contributed by atoms with van der Waals surface area (Å²) < 4.78 is 57.1. The predicted octanol–water partition coefficient (Wildman–Crippen LogP) is 4.94. The highest BCUT2D eigenvalue weighted by atomic mass is 32.2. The van der Waals surface area contributed by atoms with Gasteiger partial charge >= 0.3 is 0 Å². The minimum absolute atomic E-state index is 0.0528. The number of likely N-dealkylation sites (N-methyl/N-ethyl adjacent to an activating group) is 1. The number of nitrogens with one attached hydrogen (secondary N) is 1. The Morgan fingerprint density at radius 3 is 2.02 bits per heavy atom. The molecule has 42 heavy (non-hydrogen) atoms. The molecule has 0 saturated heterocycles. The number of carbonyl (C=O) groups excluding carboxylic acids is 2. The molecule has 4 aromatic carbocycles. The second-order valence-corrected chi connectivity index (χ2v) is 11.4. The van der Waals surface area contributed by atoms with Gasteiger partial charge in [-0.15, -0.1) is 0 Å². The molecule has 4 aromatic rings. The zero-order valence-electron chi connectivity index (χ0n) is 23.0. The molecule has 0 aliphatic rings. The summed E-state index contributed by atoms with van der Waals surface area (Å²) in [6.07, 6.45) is 0.106. The number of benzene rings is 4. The Labute approximate surface area is 244 Å². The van der Waals surface area contributed by atoms with Crippen molar-refractivity contribution in [2.24, 2.45) is 0 Å². The van der Waals surface area contributed by atoms with Gasteiger partial charge in [-0.3, -0.25) is 13.9 Å². The molecule has 0 saturated carbocycles. The molecular formula is C32H31F2N3O4S. The number of carbonyl (C=O) groups is 2. The maximum atomic E-state index is 14.8. The molecule has 0 radical (unpaired) electrons. The second-order valence-electron chi connectivity index (χ2n) is 9.51. The van der Waals surface area contributed by atoms with Gasteiger partial charge in [0.1, 0.15) is 24.2 Å². The smallest absolute Gasteiger partial charge is 0.264 e. The molecule has 1 N–H and O–H groups in total. The average molecular weight is 592 g/mol. The van der Waals surface area contributed by atoms with Crippen LogP contribution in [0.4, 0.5) is 14.5 Å². The van der Waals surface area contributed by atoms with Crippen LogP contribution in [0.15, 0.2) is 114 Å². The van der Waals surface area contributed by atoms with Crippen LogP contribution in [0.3, 0.4) is 0 Å². The van der Waals surface area contributed by atoms with E-state index < -0.39 is 46.1 Å². The third-order valence-electron chi connectivity index (χ3n) is 6.65. The number of rotatable bonds is 12. The predicted molar refractivity (Wildman–Crippen MR) is 157 cm³/mol. The molecule has 4 rings (SSSR count). The van der Waals surface area contributed by atoms with Crippen LogP contribution in [-0.2, 0) is 32.6 Å². The molecule has 10 heteroatoms. The Bertz CT molecular complexity index is 1600. The van der Waals surface area contributed by atoms with Crippen molar-refractivity contribution in [1.29, 1.82) is 0 Å². The van der Waals surface area contributed by atoms with Gasteiger partial charge in [-0.1, -0.05) is 66.7 Å². The summed E-state index contributed by atoms with van der Waals surface area (Å²) in [6, 6.07) is 26.1. The monoisotopic (exact) mass is 591 g/mol. The first-order chi connectivity index (χ1) is 20.2. The number of anilines is 1. The Morgan fingerprint density at radius 1 is 0.810 bits per heavy atom. The summed E-state index contributed by atoms with van der Waals surface area (Å²) in [5.74, 6) is -2.36. The van der Waals surface area contributed by atoms with Gasteiger partial charge in [0.2, 0.25) is 11.8 Å². The van der Waals surface area contributed by atoms with Crippen LogP contribution in [0.5, 0.6) is 0 Å². The summed E-state index contributed by atoms with van der Waals surface area (Å²) in [6.45, 7) is 1.02. The van der Waals surface area contributed by atoms with Crippen molar-refractivity contribution >= 4 is 27.5 Å². The lowest BCUT2D eigenvalue weighted by molar-refractivity contribution is -0.140. The summed E-state index contributed by atoms with van der Waals surface area (Å²) in [5, 5.41) is 2.75. The SMILES string of the molecule is CCNC(=O)[C@H](Cc1ccccc1)N(Cc1ccccc1F)C(=O)CN(c1ccc(F)cc1)S(=O)(=O)c1ccccc1. The number of nitrogens with zero attached hydrogens (tertiary/aromatic N) is 2. The number of sulfonamides is 1. The van der Waals surface area contributed by atoms with E-state index in [9.17, 15) is 26.8 Å². The Hall–Kier alpha value is -4.57. The summed E-state index contributed by atoms with van der Waals surface area (Å²) in [5.41, 5.74) is 0.969. The first kappa shape index (κ1) is 30.4. The van der Waals surface area contributed by atoms with E-state index in [0.29, 0.717) is 0 Å². The maximum Gasteiger partial charge on any atom is 0.264 e. The summed E-state index contributed by atoms with van der Waals surface area (Å²) in [7, 11) is -4.30. The minimum Gasteiger partial charge on any atom is -0.355 e. The van der Waals surface area contributed by atoms with E-state index in [2.05, 4.69) is 5.32 Å². The quantitative estimate of drug-likeness (QED) is 0.253. The van der Waals surface area contributed by atoms with E-state index in [4.69, 9.17) is 0 Å². The molecule has 0 unspecified atom stereocenters. The van der Waals surface area contributed by atoms with Gasteiger partial charge in [0.15, 0.2) is 0 Å². The molecule has 0 aliphatic heterocycles. The van der Waals surface area contributed by atoms with Crippen LogP contribution in [-0.4, -0.2) is 44.3 Å². The molecule has 0 spiro atoms. The van der Waals surface area contributed by atoms with Crippen molar-refractivity contribution < 1.29 is 26.8 Å². The Morgan fingerprint density at radius 2 is 1.40 bits per heavy atom. The zero-order chi connectivity index (χ0) is 30.1. The molecule has 0 fully saturated rings. The van der Waals surface area contributed by atoms with Crippen LogP contribution >= 0.6 is 0 Å².